The van der Waals surface area contributed by atoms with Gasteiger partial charge in [-0.15, -0.1) is 0 Å². The molecule has 0 aliphatic carbocycles. The Bertz CT molecular complexity index is 793. The molecule has 0 spiro atoms. The van der Waals surface area contributed by atoms with Crippen LogP contribution in [0.1, 0.15) is 0 Å². The number of nitrogens with two attached hydrogens (primary N) is 1. The van der Waals surface area contributed by atoms with E-state index in [1.54, 1.807) is 6.20 Å². The fourth-order valence-electron chi connectivity index (χ4n) is 2.49. The molecule has 22 heavy (non-hydrogen) atoms. The molecule has 0 radical (unpaired) electrons. The molecule has 3 aromatic rings. The molecule has 1 aliphatic heterocycles. The van der Waals surface area contributed by atoms with Gasteiger partial charge in [-0.2, -0.15) is 0 Å². The Morgan fingerprint density at radius 2 is 2.00 bits per heavy atom. The summed E-state index contributed by atoms with van der Waals surface area (Å²) in [6.45, 7) is 3.21. The zero-order valence-corrected chi connectivity index (χ0v) is 11.9. The molecule has 1 aliphatic rings. The number of fused-ring (bicyclic) bond motifs is 1. The van der Waals surface area contributed by atoms with E-state index >= 15 is 0 Å². The van der Waals surface area contributed by atoms with E-state index in [0.29, 0.717) is 22.8 Å². The van der Waals surface area contributed by atoms with Crippen LogP contribution in [-0.4, -0.2) is 51.2 Å². The Kier molecular flexibility index (Phi) is 3.08. The summed E-state index contributed by atoms with van der Waals surface area (Å²) < 4.78 is 5.35. The maximum Gasteiger partial charge on any atom is 0.183 e. The second kappa shape index (κ2) is 5.23. The molecule has 0 aromatic carbocycles. The average molecular weight is 297 g/mol. The topological polar surface area (TPSA) is 106 Å². The Morgan fingerprint density at radius 3 is 2.73 bits per heavy atom. The molecule has 4 heterocycles. The fraction of sp³-hybridized carbons (Fsp3) is 0.286. The van der Waals surface area contributed by atoms with Crippen LogP contribution in [0.15, 0.2) is 24.7 Å². The number of hydrogen-bond acceptors (Lipinski definition) is 7. The third kappa shape index (κ3) is 2.23. The van der Waals surface area contributed by atoms with E-state index in [4.69, 9.17) is 10.5 Å². The maximum atomic E-state index is 5.81. The highest BCUT2D eigenvalue weighted by Gasteiger charge is 2.13. The third-order valence-corrected chi connectivity index (χ3v) is 3.67. The summed E-state index contributed by atoms with van der Waals surface area (Å²) in [6, 6.07) is 3.97. The van der Waals surface area contributed by atoms with Crippen molar-refractivity contribution in [3.8, 4) is 11.4 Å². The maximum absolute atomic E-state index is 5.81. The quantitative estimate of drug-likeness (QED) is 0.721. The summed E-state index contributed by atoms with van der Waals surface area (Å²) in [4.78, 5) is 22.3. The van der Waals surface area contributed by atoms with Gasteiger partial charge in [0, 0.05) is 24.8 Å². The predicted octanol–water partition coefficient (Wildman–Crippen LogP) is 0.834. The second-order valence-corrected chi connectivity index (χ2v) is 5.05. The number of nitrogen functional groups attached to an aromatic ring is 1. The van der Waals surface area contributed by atoms with Crippen molar-refractivity contribution in [1.29, 1.82) is 0 Å². The molecule has 0 amide bonds. The minimum absolute atomic E-state index is 0.390. The minimum atomic E-state index is 0.390. The van der Waals surface area contributed by atoms with Gasteiger partial charge in [0.2, 0.25) is 0 Å². The van der Waals surface area contributed by atoms with E-state index in [0.717, 1.165) is 37.7 Å². The van der Waals surface area contributed by atoms with Gasteiger partial charge in [0.15, 0.2) is 11.5 Å². The minimum Gasteiger partial charge on any atom is -0.382 e. The van der Waals surface area contributed by atoms with E-state index in [-0.39, 0.29) is 0 Å². The molecule has 112 valence electrons. The first-order valence-electron chi connectivity index (χ1n) is 7.06. The monoisotopic (exact) mass is 297 g/mol. The lowest BCUT2D eigenvalue weighted by atomic mass is 10.2. The number of rotatable bonds is 2. The Hall–Kier alpha value is -2.74. The number of H-pyrrole nitrogens is 1. The Balaban J connectivity index is 1.65. The van der Waals surface area contributed by atoms with Crippen molar-refractivity contribution in [2.24, 2.45) is 0 Å². The van der Waals surface area contributed by atoms with Gasteiger partial charge in [-0.25, -0.2) is 19.9 Å². The first-order valence-corrected chi connectivity index (χ1v) is 7.06. The van der Waals surface area contributed by atoms with Crippen molar-refractivity contribution in [1.82, 2.24) is 24.9 Å². The van der Waals surface area contributed by atoms with Crippen molar-refractivity contribution >= 4 is 22.8 Å². The molecule has 3 aromatic heterocycles. The van der Waals surface area contributed by atoms with Crippen molar-refractivity contribution in [3.63, 3.8) is 0 Å². The summed E-state index contributed by atoms with van der Waals surface area (Å²) in [5.41, 5.74) is 7.90. The van der Waals surface area contributed by atoms with Gasteiger partial charge in [-0.3, -0.25) is 0 Å². The number of ether oxygens (including phenoxy) is 1. The van der Waals surface area contributed by atoms with Gasteiger partial charge in [0.1, 0.15) is 23.5 Å². The van der Waals surface area contributed by atoms with Gasteiger partial charge in [0.25, 0.3) is 0 Å². The molecule has 0 saturated carbocycles. The van der Waals surface area contributed by atoms with Crippen molar-refractivity contribution < 1.29 is 4.74 Å². The van der Waals surface area contributed by atoms with Gasteiger partial charge < -0.3 is 20.4 Å². The molecule has 4 rings (SSSR count). The lowest BCUT2D eigenvalue weighted by molar-refractivity contribution is 0.122. The van der Waals surface area contributed by atoms with Crippen molar-refractivity contribution in [2.45, 2.75) is 0 Å². The third-order valence-electron chi connectivity index (χ3n) is 3.67. The first kappa shape index (κ1) is 13.0. The van der Waals surface area contributed by atoms with E-state index in [1.165, 1.54) is 6.33 Å². The van der Waals surface area contributed by atoms with E-state index in [2.05, 4.69) is 29.8 Å². The van der Waals surface area contributed by atoms with Crippen molar-refractivity contribution in [2.75, 3.05) is 36.9 Å². The van der Waals surface area contributed by atoms with Crippen LogP contribution < -0.4 is 10.6 Å². The number of hydrogen-bond donors (Lipinski definition) is 2. The number of pyridine rings is 1. The van der Waals surface area contributed by atoms with Crippen LogP contribution in [0.5, 0.6) is 0 Å². The molecular formula is C14H15N7O. The van der Waals surface area contributed by atoms with Gasteiger partial charge in [-0.05, 0) is 12.1 Å². The van der Waals surface area contributed by atoms with Crippen LogP contribution in [0.3, 0.4) is 0 Å². The summed E-state index contributed by atoms with van der Waals surface area (Å²) in [6.07, 6.45) is 3.20. The molecule has 3 N–H and O–H groups in total. The Morgan fingerprint density at radius 1 is 1.14 bits per heavy atom. The number of aromatic amines is 1. The number of imidazole rings is 1. The lowest BCUT2D eigenvalue weighted by Gasteiger charge is -2.27. The van der Waals surface area contributed by atoms with Crippen LogP contribution >= 0.6 is 0 Å². The van der Waals surface area contributed by atoms with Crippen molar-refractivity contribution in [3.05, 3.63) is 24.7 Å². The predicted molar refractivity (Wildman–Crippen MR) is 82.4 cm³/mol. The average Bonchev–Trinajstić information content (AvgIpc) is 3.02. The van der Waals surface area contributed by atoms with Gasteiger partial charge in [-0.1, -0.05) is 0 Å². The van der Waals surface area contributed by atoms with E-state index in [1.807, 2.05) is 12.1 Å². The van der Waals surface area contributed by atoms with E-state index < -0.39 is 0 Å². The molecule has 0 atom stereocenters. The molecular weight excluding hydrogens is 282 g/mol. The Labute approximate surface area is 126 Å². The smallest absolute Gasteiger partial charge is 0.183 e. The summed E-state index contributed by atoms with van der Waals surface area (Å²) in [7, 11) is 0. The highest BCUT2D eigenvalue weighted by Crippen LogP contribution is 2.22. The number of aromatic nitrogens is 5. The molecule has 0 unspecified atom stereocenters. The molecule has 1 fully saturated rings. The zero-order chi connectivity index (χ0) is 14.9. The first-order chi connectivity index (χ1) is 10.8. The number of morpholine rings is 1. The fourth-order valence-corrected chi connectivity index (χ4v) is 2.49. The molecule has 0 bridgehead atoms. The highest BCUT2D eigenvalue weighted by atomic mass is 16.5. The van der Waals surface area contributed by atoms with Gasteiger partial charge in [0.05, 0.1) is 13.2 Å². The SMILES string of the molecule is Nc1ncnc2nc(-c3ccc(N4CCOCC4)nc3)[nH]c12. The van der Waals surface area contributed by atoms with Crippen LogP contribution in [0.2, 0.25) is 0 Å². The number of anilines is 2. The summed E-state index contributed by atoms with van der Waals surface area (Å²) in [5, 5.41) is 0. The standard InChI is InChI=1S/C14H15N7O/c15-12-11-14(18-8-17-12)20-13(19-11)9-1-2-10(16-7-9)21-3-5-22-6-4-21/h1-2,7-8H,3-6H2,(H3,15,17,18,19,20). The summed E-state index contributed by atoms with van der Waals surface area (Å²) in [5.74, 6) is 2.02. The van der Waals surface area contributed by atoms with Crippen LogP contribution in [0, 0.1) is 0 Å². The number of nitrogens with one attached hydrogen (secondary N) is 1. The van der Waals surface area contributed by atoms with Gasteiger partial charge >= 0.3 is 0 Å². The zero-order valence-electron chi connectivity index (χ0n) is 11.9. The molecule has 8 nitrogen and oxygen atoms in total. The van der Waals surface area contributed by atoms with Crippen LogP contribution in [0.4, 0.5) is 11.6 Å². The highest BCUT2D eigenvalue weighted by molar-refractivity contribution is 5.84. The normalized spacial score (nSPS) is 15.4. The largest absolute Gasteiger partial charge is 0.382 e. The van der Waals surface area contributed by atoms with Crippen LogP contribution in [0.25, 0.3) is 22.6 Å². The van der Waals surface area contributed by atoms with Crippen LogP contribution in [-0.2, 0) is 4.74 Å². The molecule has 1 saturated heterocycles. The van der Waals surface area contributed by atoms with E-state index in [9.17, 15) is 0 Å². The molecule has 8 heteroatoms. The second-order valence-electron chi connectivity index (χ2n) is 5.05. The number of nitrogens with zero attached hydrogens (tertiary/aromatic N) is 5. The summed E-state index contributed by atoms with van der Waals surface area (Å²) >= 11 is 0. The lowest BCUT2D eigenvalue weighted by Crippen LogP contribution is -2.36.